The summed E-state index contributed by atoms with van der Waals surface area (Å²) in [6.45, 7) is 2.41. The zero-order valence-electron chi connectivity index (χ0n) is 14.3. The molecule has 1 aromatic carbocycles. The number of anilines is 2. The maximum Gasteiger partial charge on any atom is 0.322 e. The molecule has 0 aliphatic carbocycles. The summed E-state index contributed by atoms with van der Waals surface area (Å²) in [5, 5.41) is 14.9. The van der Waals surface area contributed by atoms with Gasteiger partial charge in [0, 0.05) is 30.6 Å². The Morgan fingerprint density at radius 1 is 1.08 bits per heavy atom. The smallest absolute Gasteiger partial charge is 0.322 e. The van der Waals surface area contributed by atoms with Gasteiger partial charge in [-0.25, -0.2) is 4.98 Å². The fraction of sp³-hybridized carbons (Fsp3) is 0.158. The molecule has 3 aromatic rings. The lowest BCUT2D eigenvalue weighted by atomic mass is 10.1. The molecule has 3 rings (SSSR count). The molecule has 0 unspecified atom stereocenters. The van der Waals surface area contributed by atoms with E-state index >= 15 is 0 Å². The Labute approximate surface area is 151 Å². The Kier molecular flexibility index (Phi) is 5.38. The number of nitrogens with zero attached hydrogens (tertiary/aromatic N) is 3. The van der Waals surface area contributed by atoms with Crippen LogP contribution in [0.5, 0.6) is 0 Å². The molecule has 0 atom stereocenters. The van der Waals surface area contributed by atoms with Crippen LogP contribution in [-0.2, 0) is 11.3 Å². The molecule has 0 saturated heterocycles. The third-order valence-corrected chi connectivity index (χ3v) is 3.82. The first-order valence-corrected chi connectivity index (χ1v) is 8.15. The van der Waals surface area contributed by atoms with E-state index in [1.165, 1.54) is 5.56 Å². The van der Waals surface area contributed by atoms with Gasteiger partial charge in [0.25, 0.3) is 0 Å². The number of hydrogen-bond donors (Lipinski definition) is 3. The summed E-state index contributed by atoms with van der Waals surface area (Å²) in [7, 11) is 0. The number of carboxylic acid groups (broad SMARTS) is 1. The minimum atomic E-state index is -0.975. The number of benzene rings is 1. The molecule has 0 radical (unpaired) electrons. The van der Waals surface area contributed by atoms with Crippen molar-refractivity contribution in [3.63, 3.8) is 0 Å². The van der Waals surface area contributed by atoms with Crippen molar-refractivity contribution in [3.05, 3.63) is 66.0 Å². The summed E-state index contributed by atoms with van der Waals surface area (Å²) in [6, 6.07) is 13.6. The first kappa shape index (κ1) is 17.3. The number of nitrogens with one attached hydrogen (secondary N) is 2. The number of pyridine rings is 1. The lowest BCUT2D eigenvalue weighted by Gasteiger charge is -2.12. The summed E-state index contributed by atoms with van der Waals surface area (Å²) in [5.41, 5.74) is 3.91. The quantitative estimate of drug-likeness (QED) is 0.603. The Morgan fingerprint density at radius 2 is 1.85 bits per heavy atom. The van der Waals surface area contributed by atoms with Gasteiger partial charge in [-0.05, 0) is 30.2 Å². The molecule has 0 bridgehead atoms. The number of aliphatic carboxylic acids is 1. The van der Waals surface area contributed by atoms with Gasteiger partial charge in [-0.1, -0.05) is 24.3 Å². The summed E-state index contributed by atoms with van der Waals surface area (Å²) < 4.78 is 0. The highest BCUT2D eigenvalue weighted by Crippen LogP contribution is 2.21. The molecule has 26 heavy (non-hydrogen) atoms. The van der Waals surface area contributed by atoms with Crippen molar-refractivity contribution in [3.8, 4) is 11.3 Å². The maximum atomic E-state index is 10.8. The molecule has 132 valence electrons. The summed E-state index contributed by atoms with van der Waals surface area (Å²) in [4.78, 5) is 23.6. The van der Waals surface area contributed by atoms with Crippen LogP contribution >= 0.6 is 0 Å². The zero-order valence-corrected chi connectivity index (χ0v) is 14.3. The van der Waals surface area contributed by atoms with Crippen LogP contribution in [0.4, 0.5) is 11.8 Å². The van der Waals surface area contributed by atoms with E-state index in [0.717, 1.165) is 11.1 Å². The molecule has 0 aliphatic rings. The normalized spacial score (nSPS) is 10.3. The van der Waals surface area contributed by atoms with E-state index in [2.05, 4.69) is 44.6 Å². The maximum absolute atomic E-state index is 10.8. The van der Waals surface area contributed by atoms with Crippen molar-refractivity contribution in [1.29, 1.82) is 0 Å². The van der Waals surface area contributed by atoms with Gasteiger partial charge < -0.3 is 15.7 Å². The van der Waals surface area contributed by atoms with Crippen LogP contribution in [0.1, 0.15) is 11.1 Å². The molecule has 2 heterocycles. The molecule has 3 N–H and O–H groups in total. The van der Waals surface area contributed by atoms with E-state index < -0.39 is 5.97 Å². The number of rotatable bonds is 7. The second-order valence-corrected chi connectivity index (χ2v) is 5.73. The van der Waals surface area contributed by atoms with Gasteiger partial charge in [0.1, 0.15) is 12.4 Å². The molecule has 0 aliphatic heterocycles. The van der Waals surface area contributed by atoms with Crippen LogP contribution in [0.25, 0.3) is 11.3 Å². The van der Waals surface area contributed by atoms with Gasteiger partial charge in [0.2, 0.25) is 5.95 Å². The van der Waals surface area contributed by atoms with E-state index in [-0.39, 0.29) is 12.5 Å². The van der Waals surface area contributed by atoms with Gasteiger partial charge in [-0.3, -0.25) is 9.78 Å². The van der Waals surface area contributed by atoms with Crippen molar-refractivity contribution in [2.75, 3.05) is 17.2 Å². The zero-order chi connectivity index (χ0) is 18.4. The van der Waals surface area contributed by atoms with Crippen LogP contribution in [-0.4, -0.2) is 32.6 Å². The van der Waals surface area contributed by atoms with Crippen molar-refractivity contribution in [1.82, 2.24) is 15.0 Å². The van der Waals surface area contributed by atoms with E-state index in [9.17, 15) is 4.79 Å². The van der Waals surface area contributed by atoms with Crippen LogP contribution in [0.3, 0.4) is 0 Å². The topological polar surface area (TPSA) is 100 Å². The number of aromatic nitrogens is 3. The van der Waals surface area contributed by atoms with Crippen LogP contribution in [0.15, 0.2) is 54.9 Å². The SMILES string of the molecule is Cc1ccccc1CNc1cc(-c2ccncc2)nc(NCC(=O)O)n1. The predicted octanol–water partition coefficient (Wildman–Crippen LogP) is 2.96. The first-order chi connectivity index (χ1) is 12.6. The number of hydrogen-bond acceptors (Lipinski definition) is 6. The highest BCUT2D eigenvalue weighted by molar-refractivity contribution is 5.72. The molecular weight excluding hydrogens is 330 g/mol. The molecule has 7 heteroatoms. The van der Waals surface area contributed by atoms with Gasteiger partial charge in [-0.2, -0.15) is 4.98 Å². The lowest BCUT2D eigenvalue weighted by molar-refractivity contribution is -0.134. The minimum absolute atomic E-state index is 0.253. The second-order valence-electron chi connectivity index (χ2n) is 5.73. The molecule has 7 nitrogen and oxygen atoms in total. The number of aryl methyl sites for hydroxylation is 1. The van der Waals surface area contributed by atoms with Crippen LogP contribution in [0.2, 0.25) is 0 Å². The highest BCUT2D eigenvalue weighted by atomic mass is 16.4. The molecular formula is C19H19N5O2. The van der Waals surface area contributed by atoms with E-state index in [1.54, 1.807) is 12.4 Å². The summed E-state index contributed by atoms with van der Waals surface area (Å²) >= 11 is 0. The van der Waals surface area contributed by atoms with Gasteiger partial charge >= 0.3 is 5.97 Å². The largest absolute Gasteiger partial charge is 0.480 e. The Morgan fingerprint density at radius 3 is 2.58 bits per heavy atom. The standard InChI is InChI=1S/C19H19N5O2/c1-13-4-2-3-5-15(13)11-21-17-10-16(14-6-8-20-9-7-14)23-19(24-17)22-12-18(25)26/h2-10H,11-12H2,1H3,(H,25,26)(H2,21,22,23,24). The third kappa shape index (κ3) is 4.54. The monoisotopic (exact) mass is 349 g/mol. The second kappa shape index (κ2) is 8.06. The lowest BCUT2D eigenvalue weighted by Crippen LogP contribution is -2.15. The van der Waals surface area contributed by atoms with Crippen LogP contribution in [0, 0.1) is 6.92 Å². The van der Waals surface area contributed by atoms with Gasteiger partial charge in [0.15, 0.2) is 0 Å². The average molecular weight is 349 g/mol. The summed E-state index contributed by atoms with van der Waals surface area (Å²) in [6.07, 6.45) is 3.37. The minimum Gasteiger partial charge on any atom is -0.480 e. The van der Waals surface area contributed by atoms with Gasteiger partial charge in [-0.15, -0.1) is 0 Å². The Balaban J connectivity index is 1.86. The fourth-order valence-corrected chi connectivity index (χ4v) is 2.44. The van der Waals surface area contributed by atoms with Gasteiger partial charge in [0.05, 0.1) is 5.69 Å². The highest BCUT2D eigenvalue weighted by Gasteiger charge is 2.08. The van der Waals surface area contributed by atoms with E-state index in [0.29, 0.717) is 18.1 Å². The van der Waals surface area contributed by atoms with E-state index in [4.69, 9.17) is 5.11 Å². The number of carboxylic acids is 1. The molecule has 0 saturated carbocycles. The first-order valence-electron chi connectivity index (χ1n) is 8.15. The average Bonchev–Trinajstić information content (AvgIpc) is 2.66. The molecule has 0 amide bonds. The van der Waals surface area contributed by atoms with E-state index in [1.807, 2.05) is 30.3 Å². The molecule has 0 spiro atoms. The Hall–Kier alpha value is -3.48. The van der Waals surface area contributed by atoms with Crippen LogP contribution < -0.4 is 10.6 Å². The molecule has 0 fully saturated rings. The predicted molar refractivity (Wildman–Crippen MR) is 99.9 cm³/mol. The fourth-order valence-electron chi connectivity index (χ4n) is 2.44. The van der Waals surface area contributed by atoms with Crippen molar-refractivity contribution >= 4 is 17.7 Å². The van der Waals surface area contributed by atoms with Crippen molar-refractivity contribution < 1.29 is 9.90 Å². The Bertz CT molecular complexity index is 899. The summed E-state index contributed by atoms with van der Waals surface area (Å²) in [5.74, 6) is -0.103. The van der Waals surface area contributed by atoms with Crippen molar-refractivity contribution in [2.24, 2.45) is 0 Å². The van der Waals surface area contributed by atoms with Crippen molar-refractivity contribution in [2.45, 2.75) is 13.5 Å². The number of carbonyl (C=O) groups is 1. The molecule has 2 aromatic heterocycles. The third-order valence-electron chi connectivity index (χ3n) is 3.82.